The Hall–Kier alpha value is -0.830. The second kappa shape index (κ2) is 5.43. The van der Waals surface area contributed by atoms with Crippen LogP contribution in [0.5, 0.6) is 0 Å². The third-order valence-corrected chi connectivity index (χ3v) is 4.43. The van der Waals surface area contributed by atoms with Crippen molar-refractivity contribution in [1.29, 1.82) is 0 Å². The van der Waals surface area contributed by atoms with Crippen molar-refractivity contribution in [3.8, 4) is 0 Å². The third-order valence-electron chi connectivity index (χ3n) is 4.43. The van der Waals surface area contributed by atoms with Gasteiger partial charge in [0.05, 0.1) is 5.69 Å². The van der Waals surface area contributed by atoms with Crippen LogP contribution in [0.3, 0.4) is 0 Å². The Balaban J connectivity index is 1.95. The Morgan fingerprint density at radius 3 is 2.61 bits per heavy atom. The highest BCUT2D eigenvalue weighted by Gasteiger charge is 2.32. The molecule has 1 aliphatic carbocycles. The van der Waals surface area contributed by atoms with Crippen LogP contribution in [0.25, 0.3) is 0 Å². The summed E-state index contributed by atoms with van der Waals surface area (Å²) in [5.41, 5.74) is 8.97. The predicted octanol–water partition coefficient (Wildman–Crippen LogP) is 2.96. The number of hydrogen-bond donors (Lipinski definition) is 1. The van der Waals surface area contributed by atoms with Crippen LogP contribution in [-0.4, -0.2) is 15.3 Å². The minimum Gasteiger partial charge on any atom is -0.325 e. The highest BCUT2D eigenvalue weighted by molar-refractivity contribution is 5.13. The monoisotopic (exact) mass is 249 g/mol. The van der Waals surface area contributed by atoms with Gasteiger partial charge in [-0.1, -0.05) is 19.8 Å². The summed E-state index contributed by atoms with van der Waals surface area (Å²) in [4.78, 5) is 0. The van der Waals surface area contributed by atoms with Crippen LogP contribution < -0.4 is 5.73 Å². The van der Waals surface area contributed by atoms with Crippen molar-refractivity contribution in [3.05, 3.63) is 17.5 Å². The normalized spacial score (nSPS) is 28.6. The lowest BCUT2D eigenvalue weighted by atomic mass is 9.73. The largest absolute Gasteiger partial charge is 0.325 e. The topological polar surface area (TPSA) is 43.8 Å². The zero-order chi connectivity index (χ0) is 13.2. The molecule has 0 unspecified atom stereocenters. The first-order chi connectivity index (χ1) is 8.52. The molecule has 102 valence electrons. The molecule has 3 heteroatoms. The van der Waals surface area contributed by atoms with Gasteiger partial charge >= 0.3 is 0 Å². The first-order valence-corrected chi connectivity index (χ1v) is 7.31. The third kappa shape index (κ3) is 3.14. The summed E-state index contributed by atoms with van der Waals surface area (Å²) in [7, 11) is 2.02. The van der Waals surface area contributed by atoms with E-state index in [4.69, 9.17) is 5.73 Å². The maximum absolute atomic E-state index is 6.59. The quantitative estimate of drug-likeness (QED) is 0.891. The number of nitrogens with zero attached hydrogens (tertiary/aromatic N) is 2. The van der Waals surface area contributed by atoms with E-state index >= 15 is 0 Å². The molecule has 0 amide bonds. The minimum absolute atomic E-state index is 0.00444. The molecule has 1 aromatic heterocycles. The van der Waals surface area contributed by atoms with Crippen LogP contribution in [0.4, 0.5) is 0 Å². The fraction of sp³-hybridized carbons (Fsp3) is 0.800. The molecule has 1 heterocycles. The highest BCUT2D eigenvalue weighted by Crippen LogP contribution is 2.34. The molecule has 18 heavy (non-hydrogen) atoms. The second-order valence-electron chi connectivity index (χ2n) is 6.17. The summed E-state index contributed by atoms with van der Waals surface area (Å²) in [6.07, 6.45) is 8.61. The maximum atomic E-state index is 6.59. The van der Waals surface area contributed by atoms with Gasteiger partial charge in [-0.15, -0.1) is 0 Å². The van der Waals surface area contributed by atoms with Gasteiger partial charge in [-0.25, -0.2) is 0 Å². The van der Waals surface area contributed by atoms with Crippen LogP contribution in [0.15, 0.2) is 6.07 Å². The zero-order valence-corrected chi connectivity index (χ0v) is 12.1. The molecule has 1 aliphatic rings. The summed E-state index contributed by atoms with van der Waals surface area (Å²) in [5, 5.41) is 4.41. The van der Waals surface area contributed by atoms with Crippen molar-refractivity contribution in [2.24, 2.45) is 18.7 Å². The smallest absolute Gasteiger partial charge is 0.0596 e. The molecule has 0 aliphatic heterocycles. The van der Waals surface area contributed by atoms with Crippen LogP contribution in [0.2, 0.25) is 0 Å². The van der Waals surface area contributed by atoms with Crippen molar-refractivity contribution in [2.75, 3.05) is 0 Å². The molecule has 2 rings (SSSR count). The summed E-state index contributed by atoms with van der Waals surface area (Å²) in [5.74, 6) is 0.917. The van der Waals surface area contributed by atoms with E-state index in [9.17, 15) is 0 Å². The summed E-state index contributed by atoms with van der Waals surface area (Å²) in [6.45, 7) is 4.33. The Morgan fingerprint density at radius 1 is 1.44 bits per heavy atom. The van der Waals surface area contributed by atoms with Crippen LogP contribution >= 0.6 is 0 Å². The summed E-state index contributed by atoms with van der Waals surface area (Å²) < 4.78 is 1.99. The lowest BCUT2D eigenvalue weighted by molar-refractivity contribution is 0.221. The average molecular weight is 249 g/mol. The fourth-order valence-corrected chi connectivity index (χ4v) is 3.32. The number of aromatic nitrogens is 2. The predicted molar refractivity (Wildman–Crippen MR) is 75.4 cm³/mol. The van der Waals surface area contributed by atoms with Crippen LogP contribution in [0.1, 0.15) is 56.8 Å². The van der Waals surface area contributed by atoms with E-state index in [-0.39, 0.29) is 5.54 Å². The fourth-order valence-electron chi connectivity index (χ4n) is 3.32. The Bertz CT molecular complexity index is 386. The van der Waals surface area contributed by atoms with Crippen molar-refractivity contribution < 1.29 is 0 Å². The second-order valence-corrected chi connectivity index (χ2v) is 6.17. The molecule has 0 atom stereocenters. The van der Waals surface area contributed by atoms with Gasteiger partial charge in [-0.3, -0.25) is 4.68 Å². The lowest BCUT2D eigenvalue weighted by Crippen LogP contribution is -2.45. The van der Waals surface area contributed by atoms with E-state index in [2.05, 4.69) is 18.1 Å². The van der Waals surface area contributed by atoms with Crippen molar-refractivity contribution >= 4 is 0 Å². The van der Waals surface area contributed by atoms with Crippen molar-refractivity contribution in [3.63, 3.8) is 0 Å². The first kappa shape index (κ1) is 13.6. The molecular formula is C15H27N3. The lowest BCUT2D eigenvalue weighted by Gasteiger charge is -2.37. The van der Waals surface area contributed by atoms with Crippen LogP contribution in [-0.2, 0) is 13.5 Å². The minimum atomic E-state index is 0.00444. The number of nitrogens with two attached hydrogens (primary N) is 1. The van der Waals surface area contributed by atoms with Crippen molar-refractivity contribution in [2.45, 2.75) is 64.3 Å². The van der Waals surface area contributed by atoms with Gasteiger partial charge in [0.25, 0.3) is 0 Å². The molecule has 0 bridgehead atoms. The SMILES string of the molecule is CCCC1CCC(N)(Cc2cc(C)nn2C)CC1. The van der Waals surface area contributed by atoms with E-state index in [1.807, 2.05) is 18.7 Å². The zero-order valence-electron chi connectivity index (χ0n) is 12.1. The number of aryl methyl sites for hydroxylation is 2. The van der Waals surface area contributed by atoms with E-state index in [0.717, 1.165) is 18.0 Å². The van der Waals surface area contributed by atoms with Gasteiger partial charge < -0.3 is 5.73 Å². The average Bonchev–Trinajstić information content (AvgIpc) is 2.61. The van der Waals surface area contributed by atoms with Gasteiger partial charge in [0, 0.05) is 24.7 Å². The van der Waals surface area contributed by atoms with Gasteiger partial charge in [0.15, 0.2) is 0 Å². The van der Waals surface area contributed by atoms with Crippen LogP contribution in [0, 0.1) is 12.8 Å². The molecule has 1 aromatic rings. The van der Waals surface area contributed by atoms with Gasteiger partial charge in [0.1, 0.15) is 0 Å². The highest BCUT2D eigenvalue weighted by atomic mass is 15.3. The van der Waals surface area contributed by atoms with E-state index in [1.165, 1.54) is 44.2 Å². The van der Waals surface area contributed by atoms with E-state index in [0.29, 0.717) is 0 Å². The molecule has 1 saturated carbocycles. The summed E-state index contributed by atoms with van der Waals surface area (Å²) in [6, 6.07) is 2.17. The van der Waals surface area contributed by atoms with Gasteiger partial charge in [0.2, 0.25) is 0 Å². The maximum Gasteiger partial charge on any atom is 0.0596 e. The van der Waals surface area contributed by atoms with Crippen molar-refractivity contribution in [1.82, 2.24) is 9.78 Å². The molecule has 1 fully saturated rings. The first-order valence-electron chi connectivity index (χ1n) is 7.31. The molecule has 0 aromatic carbocycles. The molecule has 3 nitrogen and oxygen atoms in total. The number of rotatable bonds is 4. The van der Waals surface area contributed by atoms with E-state index in [1.54, 1.807) is 0 Å². The molecular weight excluding hydrogens is 222 g/mol. The summed E-state index contributed by atoms with van der Waals surface area (Å²) >= 11 is 0. The van der Waals surface area contributed by atoms with E-state index < -0.39 is 0 Å². The molecule has 0 spiro atoms. The Kier molecular flexibility index (Phi) is 4.10. The Morgan fingerprint density at radius 2 is 2.11 bits per heavy atom. The standard InChI is InChI=1S/C15H27N3/c1-4-5-13-6-8-15(16,9-7-13)11-14-10-12(2)17-18(14)3/h10,13H,4-9,11,16H2,1-3H3. The molecule has 2 N–H and O–H groups in total. The number of hydrogen-bond acceptors (Lipinski definition) is 2. The molecule has 0 saturated heterocycles. The molecule has 0 radical (unpaired) electrons. The van der Waals surface area contributed by atoms with Gasteiger partial charge in [-0.2, -0.15) is 5.10 Å². The Labute approximate surface area is 111 Å². The van der Waals surface area contributed by atoms with Gasteiger partial charge in [-0.05, 0) is 44.6 Å².